The van der Waals surface area contributed by atoms with Crippen LogP contribution in [0.4, 0.5) is 11.5 Å². The maximum atomic E-state index is 12.4. The number of nitrogens with zero attached hydrogens (tertiary/aromatic N) is 3. The van der Waals surface area contributed by atoms with Gasteiger partial charge in [-0.3, -0.25) is 19.3 Å². The maximum Gasteiger partial charge on any atom is 0.251 e. The Labute approximate surface area is 150 Å². The van der Waals surface area contributed by atoms with Crippen molar-refractivity contribution in [2.75, 3.05) is 22.9 Å². The number of carbonyl (C=O) groups is 3. The number of nitrogens with one attached hydrogen (secondary N) is 1. The van der Waals surface area contributed by atoms with Gasteiger partial charge < -0.3 is 10.2 Å². The quantitative estimate of drug-likeness (QED) is 0.842. The number of anilines is 2. The molecule has 0 bridgehead atoms. The molecule has 1 aromatic carbocycles. The summed E-state index contributed by atoms with van der Waals surface area (Å²) in [4.78, 5) is 43.4. The molecular weight excluding hydrogens is 332 g/mol. The van der Waals surface area contributed by atoms with Crippen LogP contribution in [-0.2, 0) is 9.59 Å². The number of aromatic nitrogens is 1. The molecule has 7 heteroatoms. The summed E-state index contributed by atoms with van der Waals surface area (Å²) < 4.78 is 0. The molecule has 0 spiro atoms. The van der Waals surface area contributed by atoms with Crippen LogP contribution >= 0.6 is 0 Å². The SMILES string of the molecule is O=C(NC1CN(c2ccccn2)C1)c1ccc(N2C(=O)CCC2=O)cc1. The minimum atomic E-state index is -0.198. The topological polar surface area (TPSA) is 82.6 Å². The van der Waals surface area contributed by atoms with E-state index in [1.807, 2.05) is 18.2 Å². The highest BCUT2D eigenvalue weighted by Crippen LogP contribution is 2.23. The van der Waals surface area contributed by atoms with Gasteiger partial charge in [-0.15, -0.1) is 0 Å². The van der Waals surface area contributed by atoms with Gasteiger partial charge in [-0.1, -0.05) is 6.07 Å². The van der Waals surface area contributed by atoms with Gasteiger partial charge in [-0.2, -0.15) is 0 Å². The summed E-state index contributed by atoms with van der Waals surface area (Å²) in [6, 6.07) is 12.4. The van der Waals surface area contributed by atoms with E-state index in [4.69, 9.17) is 0 Å². The van der Waals surface area contributed by atoms with Gasteiger partial charge in [-0.05, 0) is 36.4 Å². The number of rotatable bonds is 4. The number of amides is 3. The van der Waals surface area contributed by atoms with Crippen molar-refractivity contribution < 1.29 is 14.4 Å². The third-order valence-corrected chi connectivity index (χ3v) is 4.63. The predicted octanol–water partition coefficient (Wildman–Crippen LogP) is 1.35. The van der Waals surface area contributed by atoms with Crippen LogP contribution in [0.2, 0.25) is 0 Å². The third kappa shape index (κ3) is 3.03. The summed E-state index contributed by atoms with van der Waals surface area (Å²) in [7, 11) is 0. The lowest BCUT2D eigenvalue weighted by atomic mass is 10.1. The maximum absolute atomic E-state index is 12.4. The monoisotopic (exact) mass is 350 g/mol. The Balaban J connectivity index is 1.34. The summed E-state index contributed by atoms with van der Waals surface area (Å²) in [5.74, 6) is 0.344. The van der Waals surface area contributed by atoms with Crippen LogP contribution in [0.1, 0.15) is 23.2 Å². The Kier molecular flexibility index (Phi) is 4.12. The second-order valence-electron chi connectivity index (χ2n) is 6.43. The lowest BCUT2D eigenvalue weighted by Crippen LogP contribution is -2.59. The molecule has 2 aliphatic heterocycles. The molecule has 0 aliphatic carbocycles. The molecule has 2 aliphatic rings. The standard InChI is InChI=1S/C19H18N4O3/c24-17-8-9-18(25)23(17)15-6-4-13(5-7-15)19(26)21-14-11-22(12-14)16-3-1-2-10-20-16/h1-7,10,14H,8-9,11-12H2,(H,21,26). The molecule has 2 aromatic rings. The lowest BCUT2D eigenvalue weighted by Gasteiger charge is -2.40. The van der Waals surface area contributed by atoms with Crippen LogP contribution in [-0.4, -0.2) is 41.8 Å². The average molecular weight is 350 g/mol. The highest BCUT2D eigenvalue weighted by atomic mass is 16.2. The smallest absolute Gasteiger partial charge is 0.251 e. The van der Waals surface area contributed by atoms with Crippen LogP contribution in [0, 0.1) is 0 Å². The van der Waals surface area contributed by atoms with Gasteiger partial charge in [0.25, 0.3) is 5.91 Å². The molecule has 0 unspecified atom stereocenters. The van der Waals surface area contributed by atoms with Gasteiger partial charge in [0.2, 0.25) is 11.8 Å². The van der Waals surface area contributed by atoms with Crippen LogP contribution in [0.25, 0.3) is 0 Å². The first-order chi connectivity index (χ1) is 12.6. The number of benzene rings is 1. The van der Waals surface area contributed by atoms with E-state index in [-0.39, 0.29) is 36.6 Å². The second-order valence-corrected chi connectivity index (χ2v) is 6.43. The Bertz CT molecular complexity index is 829. The number of hydrogen-bond acceptors (Lipinski definition) is 5. The normalized spacial score (nSPS) is 17.4. The zero-order valence-corrected chi connectivity index (χ0v) is 14.1. The molecule has 26 heavy (non-hydrogen) atoms. The molecule has 7 nitrogen and oxygen atoms in total. The molecule has 1 aromatic heterocycles. The van der Waals surface area contributed by atoms with E-state index in [0.717, 1.165) is 18.9 Å². The van der Waals surface area contributed by atoms with E-state index >= 15 is 0 Å². The summed E-state index contributed by atoms with van der Waals surface area (Å²) in [6.07, 6.45) is 2.24. The second kappa shape index (κ2) is 6.59. The molecule has 2 saturated heterocycles. The fourth-order valence-electron chi connectivity index (χ4n) is 3.19. The van der Waals surface area contributed by atoms with Gasteiger partial charge >= 0.3 is 0 Å². The van der Waals surface area contributed by atoms with Gasteiger partial charge in [0.1, 0.15) is 5.82 Å². The van der Waals surface area contributed by atoms with Gasteiger partial charge in [-0.25, -0.2) is 4.98 Å². The molecule has 1 N–H and O–H groups in total. The van der Waals surface area contributed by atoms with E-state index in [1.165, 1.54) is 4.90 Å². The lowest BCUT2D eigenvalue weighted by molar-refractivity contribution is -0.121. The van der Waals surface area contributed by atoms with Crippen LogP contribution < -0.4 is 15.1 Å². The van der Waals surface area contributed by atoms with Gasteiger partial charge in [0.05, 0.1) is 11.7 Å². The van der Waals surface area contributed by atoms with E-state index in [2.05, 4.69) is 15.2 Å². The molecule has 3 heterocycles. The summed E-state index contributed by atoms with van der Waals surface area (Å²) in [6.45, 7) is 1.44. The minimum Gasteiger partial charge on any atom is -0.352 e. The summed E-state index contributed by atoms with van der Waals surface area (Å²) >= 11 is 0. The van der Waals surface area contributed by atoms with E-state index in [1.54, 1.807) is 30.5 Å². The van der Waals surface area contributed by atoms with Crippen molar-refractivity contribution in [2.45, 2.75) is 18.9 Å². The molecule has 2 fully saturated rings. The van der Waals surface area contributed by atoms with Crippen molar-refractivity contribution in [1.29, 1.82) is 0 Å². The highest BCUT2D eigenvalue weighted by Gasteiger charge is 2.31. The van der Waals surface area contributed by atoms with Crippen molar-refractivity contribution in [3.8, 4) is 0 Å². The number of imide groups is 1. The Morgan fingerprint density at radius 3 is 2.31 bits per heavy atom. The molecular formula is C19H18N4O3. The minimum absolute atomic E-state index is 0.0749. The van der Waals surface area contributed by atoms with E-state index in [9.17, 15) is 14.4 Å². The number of pyridine rings is 1. The van der Waals surface area contributed by atoms with Crippen LogP contribution in [0.3, 0.4) is 0 Å². The molecule has 3 amide bonds. The summed E-state index contributed by atoms with van der Waals surface area (Å²) in [5.41, 5.74) is 1.02. The third-order valence-electron chi connectivity index (χ3n) is 4.63. The van der Waals surface area contributed by atoms with Gasteiger partial charge in [0.15, 0.2) is 0 Å². The largest absolute Gasteiger partial charge is 0.352 e. The highest BCUT2D eigenvalue weighted by molar-refractivity contribution is 6.19. The molecule has 0 radical (unpaired) electrons. The zero-order chi connectivity index (χ0) is 18.1. The fourth-order valence-corrected chi connectivity index (χ4v) is 3.19. The predicted molar refractivity (Wildman–Crippen MR) is 95.9 cm³/mol. The van der Waals surface area contributed by atoms with Crippen molar-refractivity contribution >= 4 is 29.2 Å². The van der Waals surface area contributed by atoms with E-state index < -0.39 is 0 Å². The van der Waals surface area contributed by atoms with Crippen molar-refractivity contribution in [3.05, 3.63) is 54.2 Å². The number of carbonyl (C=O) groups excluding carboxylic acids is 3. The zero-order valence-electron chi connectivity index (χ0n) is 14.1. The molecule has 4 rings (SSSR count). The Hall–Kier alpha value is -3.22. The van der Waals surface area contributed by atoms with E-state index in [0.29, 0.717) is 11.3 Å². The first-order valence-electron chi connectivity index (χ1n) is 8.54. The molecule has 0 atom stereocenters. The molecule has 0 saturated carbocycles. The first kappa shape index (κ1) is 16.3. The number of hydrogen-bond donors (Lipinski definition) is 1. The fraction of sp³-hybridized carbons (Fsp3) is 0.263. The first-order valence-corrected chi connectivity index (χ1v) is 8.54. The van der Waals surface area contributed by atoms with Crippen molar-refractivity contribution in [3.63, 3.8) is 0 Å². The Morgan fingerprint density at radius 2 is 1.69 bits per heavy atom. The van der Waals surface area contributed by atoms with Crippen molar-refractivity contribution in [1.82, 2.24) is 10.3 Å². The van der Waals surface area contributed by atoms with Crippen molar-refractivity contribution in [2.24, 2.45) is 0 Å². The van der Waals surface area contributed by atoms with Gasteiger partial charge in [0, 0.05) is 37.7 Å². The Morgan fingerprint density at radius 1 is 1.00 bits per heavy atom. The molecule has 132 valence electrons. The van der Waals surface area contributed by atoms with Crippen LogP contribution in [0.5, 0.6) is 0 Å². The average Bonchev–Trinajstić information content (AvgIpc) is 2.97. The summed E-state index contributed by atoms with van der Waals surface area (Å²) in [5, 5.41) is 2.98. The van der Waals surface area contributed by atoms with Crippen LogP contribution in [0.15, 0.2) is 48.7 Å².